The van der Waals surface area contributed by atoms with E-state index in [-0.39, 0.29) is 40.8 Å². The second-order valence-corrected chi connectivity index (χ2v) is 16.9. The number of carbonyl (C=O) groups is 3. The molecule has 53 heavy (non-hydrogen) atoms. The number of aromatic nitrogens is 2. The van der Waals surface area contributed by atoms with Crippen LogP contribution in [-0.2, 0) is 30.8 Å². The number of fused-ring (bicyclic) bond motifs is 1. The molecule has 0 spiro atoms. The zero-order valence-corrected chi connectivity index (χ0v) is 31.9. The Morgan fingerprint density at radius 2 is 1.58 bits per heavy atom. The molecule has 1 aromatic heterocycles. The first-order chi connectivity index (χ1) is 25.0. The van der Waals surface area contributed by atoms with Crippen molar-refractivity contribution in [2.45, 2.75) is 96.2 Å². The van der Waals surface area contributed by atoms with Gasteiger partial charge < -0.3 is 30.7 Å². The molecule has 284 valence electrons. The average molecular weight is 747 g/mol. The molecule has 0 unspecified atom stereocenters. The van der Waals surface area contributed by atoms with E-state index in [0.29, 0.717) is 36.1 Å². The summed E-state index contributed by atoms with van der Waals surface area (Å²) in [5.74, 6) is -0.668. The fraction of sp³-hybridized carbons (Fsp3) is 0.436. The number of amides is 3. The minimum Gasteiger partial charge on any atom is -0.444 e. The van der Waals surface area contributed by atoms with Crippen LogP contribution in [0.1, 0.15) is 71.4 Å². The molecule has 6 N–H and O–H groups in total. The zero-order valence-electron chi connectivity index (χ0n) is 31.1. The van der Waals surface area contributed by atoms with Gasteiger partial charge >= 0.3 is 11.8 Å². The molecule has 13 nitrogen and oxygen atoms in total. The molecule has 1 fully saturated rings. The van der Waals surface area contributed by atoms with Crippen molar-refractivity contribution in [3.8, 4) is 11.1 Å². The van der Waals surface area contributed by atoms with Crippen LogP contribution in [0, 0.1) is 18.8 Å². The van der Waals surface area contributed by atoms with Gasteiger partial charge in [-0.3, -0.25) is 9.59 Å². The number of sulfonamides is 1. The first kappa shape index (κ1) is 39.3. The lowest BCUT2D eigenvalue weighted by molar-refractivity contribution is -0.130. The highest BCUT2D eigenvalue weighted by Crippen LogP contribution is 2.30. The molecule has 0 bridgehead atoms. The summed E-state index contributed by atoms with van der Waals surface area (Å²) >= 11 is 0. The van der Waals surface area contributed by atoms with Gasteiger partial charge in [-0.15, -0.1) is 0 Å². The number of carbonyl (C=O) groups excluding carboxylic acids is 3. The Kier molecular flexibility index (Phi) is 12.1. The van der Waals surface area contributed by atoms with E-state index in [1.54, 1.807) is 50.2 Å². The Hall–Kier alpha value is -4.95. The van der Waals surface area contributed by atoms with E-state index in [0.717, 1.165) is 35.1 Å². The lowest BCUT2D eigenvalue weighted by Crippen LogP contribution is -2.48. The van der Waals surface area contributed by atoms with Crippen molar-refractivity contribution in [2.75, 3.05) is 11.9 Å². The fourth-order valence-corrected chi connectivity index (χ4v) is 7.91. The molecule has 0 radical (unpaired) electrons. The molecule has 3 aromatic carbocycles. The van der Waals surface area contributed by atoms with E-state index in [4.69, 9.17) is 4.74 Å². The van der Waals surface area contributed by atoms with Crippen LogP contribution in [0.3, 0.4) is 0 Å². The van der Waals surface area contributed by atoms with Crippen molar-refractivity contribution in [3.63, 3.8) is 0 Å². The van der Waals surface area contributed by atoms with Crippen LogP contribution < -0.4 is 26.4 Å². The molecule has 0 aliphatic heterocycles. The number of hydrogen-bond acceptors (Lipinski definition) is 7. The van der Waals surface area contributed by atoms with E-state index in [1.165, 1.54) is 0 Å². The second-order valence-electron chi connectivity index (χ2n) is 15.1. The first-order valence-electron chi connectivity index (χ1n) is 18.0. The highest BCUT2D eigenvalue weighted by molar-refractivity contribution is 7.89. The van der Waals surface area contributed by atoms with Crippen molar-refractivity contribution in [2.24, 2.45) is 11.8 Å². The van der Waals surface area contributed by atoms with E-state index in [9.17, 15) is 27.6 Å². The Balaban J connectivity index is 1.28. The summed E-state index contributed by atoms with van der Waals surface area (Å²) < 4.78 is 33.3. The standard InChI is InChI=1S/C39H50N6O7S/c1-23(2)45-53(50,51)30-16-17-31(24(3)19-30)27-11-7-25(8-12-27)20-34(36(47)41-29-15-18-32-33(21-29)44-37(48)43-32)42-35(46)28-13-9-26(10-14-28)22-40-38(49)52-39(4,5)6/h7-8,11-12,15-19,21,23,26,28,34,45H,9-10,13-14,20,22H2,1-6H3,(H,40,49)(H,41,47)(H,42,46)(H2,43,44,48)/t26-,28-,34-/m0/s1. The van der Waals surface area contributed by atoms with Crippen molar-refractivity contribution in [1.82, 2.24) is 25.3 Å². The van der Waals surface area contributed by atoms with Gasteiger partial charge in [0.2, 0.25) is 21.8 Å². The largest absolute Gasteiger partial charge is 0.444 e. The molecule has 1 heterocycles. The quantitative estimate of drug-likeness (QED) is 0.110. The molecule has 3 amide bonds. The Morgan fingerprint density at radius 1 is 0.906 bits per heavy atom. The van der Waals surface area contributed by atoms with Gasteiger partial charge in [-0.1, -0.05) is 30.3 Å². The normalized spacial score (nSPS) is 17.0. The number of alkyl carbamates (subject to hydrolysis) is 1. The van der Waals surface area contributed by atoms with Gasteiger partial charge in [0.05, 0.1) is 15.9 Å². The Bertz CT molecular complexity index is 2110. The van der Waals surface area contributed by atoms with Crippen LogP contribution in [0.15, 0.2) is 70.4 Å². The summed E-state index contributed by atoms with van der Waals surface area (Å²) in [6.45, 7) is 11.3. The molecule has 1 aliphatic rings. The summed E-state index contributed by atoms with van der Waals surface area (Å²) in [5.41, 5.74) is 4.04. The van der Waals surface area contributed by atoms with Crippen LogP contribution in [0.5, 0.6) is 0 Å². The van der Waals surface area contributed by atoms with Gasteiger partial charge in [0, 0.05) is 30.6 Å². The van der Waals surface area contributed by atoms with E-state index in [1.807, 2.05) is 52.0 Å². The smallest absolute Gasteiger partial charge is 0.407 e. The third kappa shape index (κ3) is 10.8. The maximum Gasteiger partial charge on any atom is 0.407 e. The number of hydrogen-bond donors (Lipinski definition) is 6. The topological polar surface area (TPSA) is 191 Å². The lowest BCUT2D eigenvalue weighted by Gasteiger charge is -2.29. The summed E-state index contributed by atoms with van der Waals surface area (Å²) in [7, 11) is -3.63. The number of imidazole rings is 1. The van der Waals surface area contributed by atoms with Gasteiger partial charge in [-0.25, -0.2) is 22.7 Å². The van der Waals surface area contributed by atoms with Crippen LogP contribution in [0.4, 0.5) is 10.5 Å². The van der Waals surface area contributed by atoms with Crippen LogP contribution in [0.25, 0.3) is 22.2 Å². The van der Waals surface area contributed by atoms with Crippen LogP contribution >= 0.6 is 0 Å². The molecule has 1 aliphatic carbocycles. The van der Waals surface area contributed by atoms with Crippen molar-refractivity contribution in [3.05, 3.63) is 82.3 Å². The number of ether oxygens (including phenoxy) is 1. The minimum absolute atomic E-state index is 0.196. The van der Waals surface area contributed by atoms with E-state index in [2.05, 4.69) is 30.6 Å². The molecule has 1 atom stereocenters. The number of benzene rings is 3. The molecular formula is C39H50N6O7S. The van der Waals surface area contributed by atoms with Crippen LogP contribution in [0.2, 0.25) is 0 Å². The SMILES string of the molecule is Cc1cc(S(=O)(=O)NC(C)C)ccc1-c1ccc(C[C@H](NC(=O)[C@H]2CC[C@H](CNC(=O)OC(C)(C)C)CC2)C(=O)Nc2ccc3[nH]c(=O)[nH]c3c2)cc1. The molecule has 1 saturated carbocycles. The second kappa shape index (κ2) is 16.4. The Labute approximate surface area is 310 Å². The third-order valence-electron chi connectivity index (χ3n) is 9.17. The summed E-state index contributed by atoms with van der Waals surface area (Å²) in [5, 5.41) is 8.74. The van der Waals surface area contributed by atoms with Crippen LogP contribution in [-0.4, -0.2) is 60.5 Å². The number of aryl methyl sites for hydroxylation is 1. The number of rotatable bonds is 12. The first-order valence-corrected chi connectivity index (χ1v) is 19.5. The van der Waals surface area contributed by atoms with Crippen molar-refractivity contribution in [1.29, 1.82) is 0 Å². The highest BCUT2D eigenvalue weighted by Gasteiger charge is 2.30. The van der Waals surface area contributed by atoms with Gasteiger partial charge in [0.1, 0.15) is 11.6 Å². The summed E-state index contributed by atoms with van der Waals surface area (Å²) in [6.07, 6.45) is 2.51. The molecule has 4 aromatic rings. The summed E-state index contributed by atoms with van der Waals surface area (Å²) in [6, 6.07) is 16.5. The molecule has 5 rings (SSSR count). The average Bonchev–Trinajstić information content (AvgIpc) is 3.45. The van der Waals surface area contributed by atoms with Crippen molar-refractivity contribution >= 4 is 44.7 Å². The maximum absolute atomic E-state index is 13.8. The number of aromatic amines is 2. The van der Waals surface area contributed by atoms with Gasteiger partial charge in [0.15, 0.2) is 0 Å². The van der Waals surface area contributed by atoms with E-state index >= 15 is 0 Å². The predicted octanol–water partition coefficient (Wildman–Crippen LogP) is 5.52. The number of H-pyrrole nitrogens is 2. The minimum atomic E-state index is -3.63. The van der Waals surface area contributed by atoms with Crippen molar-refractivity contribution < 1.29 is 27.5 Å². The van der Waals surface area contributed by atoms with Gasteiger partial charge in [-0.2, -0.15) is 0 Å². The monoisotopic (exact) mass is 746 g/mol. The van der Waals surface area contributed by atoms with E-state index < -0.39 is 33.7 Å². The fourth-order valence-electron chi connectivity index (χ4n) is 6.57. The lowest BCUT2D eigenvalue weighted by atomic mass is 9.81. The number of anilines is 1. The van der Waals surface area contributed by atoms with Gasteiger partial charge in [0.25, 0.3) is 0 Å². The highest BCUT2D eigenvalue weighted by atomic mass is 32.2. The Morgan fingerprint density at radius 3 is 2.23 bits per heavy atom. The zero-order chi connectivity index (χ0) is 38.5. The predicted molar refractivity (Wildman–Crippen MR) is 205 cm³/mol. The molecule has 0 saturated heterocycles. The third-order valence-corrected chi connectivity index (χ3v) is 10.8. The molecular weight excluding hydrogens is 697 g/mol. The molecule has 14 heteroatoms. The maximum atomic E-state index is 13.8. The summed E-state index contributed by atoms with van der Waals surface area (Å²) in [4.78, 5) is 56.8. The van der Waals surface area contributed by atoms with Gasteiger partial charge in [-0.05, 0) is 126 Å². The number of nitrogens with one attached hydrogen (secondary N) is 6.